The minimum Gasteiger partial charge on any atom is -0.387 e. The smallest absolute Gasteiger partial charge is 0.229 e. The van der Waals surface area contributed by atoms with Crippen molar-refractivity contribution >= 4 is 21.4 Å². The van der Waals surface area contributed by atoms with Gasteiger partial charge in [0.2, 0.25) is 10.0 Å². The van der Waals surface area contributed by atoms with Crippen LogP contribution in [0.4, 0.5) is 20.2 Å². The summed E-state index contributed by atoms with van der Waals surface area (Å²) in [5, 5.41) is 12.9. The Labute approximate surface area is 133 Å². The summed E-state index contributed by atoms with van der Waals surface area (Å²) < 4.78 is 50.5. The van der Waals surface area contributed by atoms with E-state index in [2.05, 4.69) is 10.0 Å². The molecule has 3 N–H and O–H groups in total. The van der Waals surface area contributed by atoms with Crippen LogP contribution in [0, 0.1) is 11.6 Å². The number of anilines is 2. The molecule has 23 heavy (non-hydrogen) atoms. The Bertz CT molecular complexity index is 780. The van der Waals surface area contributed by atoms with Gasteiger partial charge in [-0.25, -0.2) is 17.2 Å². The predicted octanol–water partition coefficient (Wildman–Crippen LogP) is 2.48. The third kappa shape index (κ3) is 5.19. The molecule has 0 bridgehead atoms. The molecule has 0 spiro atoms. The zero-order chi connectivity index (χ0) is 17.0. The van der Waals surface area contributed by atoms with Gasteiger partial charge in [0.15, 0.2) is 11.6 Å². The number of hydrogen-bond donors (Lipinski definition) is 3. The molecule has 0 aromatic heterocycles. The van der Waals surface area contributed by atoms with Crippen molar-refractivity contribution < 1.29 is 22.3 Å². The van der Waals surface area contributed by atoms with Crippen LogP contribution >= 0.6 is 0 Å². The minimum atomic E-state index is -3.34. The molecule has 0 aliphatic heterocycles. The number of nitrogens with one attached hydrogen (secondary N) is 2. The molecule has 0 aliphatic carbocycles. The summed E-state index contributed by atoms with van der Waals surface area (Å²) in [4.78, 5) is 0. The average Bonchev–Trinajstić information content (AvgIpc) is 2.47. The number of hydrogen-bond acceptors (Lipinski definition) is 4. The second kappa shape index (κ2) is 6.93. The summed E-state index contributed by atoms with van der Waals surface area (Å²) in [6, 6.07) is 9.60. The van der Waals surface area contributed by atoms with Gasteiger partial charge in [-0.15, -0.1) is 0 Å². The molecule has 0 fully saturated rings. The number of benzene rings is 2. The van der Waals surface area contributed by atoms with Crippen molar-refractivity contribution in [2.75, 3.05) is 22.8 Å². The van der Waals surface area contributed by atoms with E-state index in [0.717, 1.165) is 18.4 Å². The molecule has 1 unspecified atom stereocenters. The maximum Gasteiger partial charge on any atom is 0.229 e. The Morgan fingerprint density at radius 3 is 2.22 bits per heavy atom. The van der Waals surface area contributed by atoms with E-state index in [9.17, 15) is 22.3 Å². The van der Waals surface area contributed by atoms with E-state index < -0.39 is 27.8 Å². The first-order valence-corrected chi connectivity index (χ1v) is 8.58. The quantitative estimate of drug-likeness (QED) is 0.754. The SMILES string of the molecule is CS(=O)(=O)Nc1ccc(NCC(O)c2ccc(F)c(F)c2)cc1. The van der Waals surface area contributed by atoms with Gasteiger partial charge in [0.1, 0.15) is 0 Å². The minimum absolute atomic E-state index is 0.0872. The monoisotopic (exact) mass is 342 g/mol. The molecule has 0 saturated carbocycles. The lowest BCUT2D eigenvalue weighted by atomic mass is 10.1. The third-order valence-electron chi connectivity index (χ3n) is 3.02. The normalized spacial score (nSPS) is 12.7. The molecule has 0 radical (unpaired) electrons. The van der Waals surface area contributed by atoms with Crippen molar-refractivity contribution in [3.8, 4) is 0 Å². The maximum atomic E-state index is 13.1. The fourth-order valence-corrected chi connectivity index (χ4v) is 2.49. The average molecular weight is 342 g/mol. The Kier molecular flexibility index (Phi) is 5.17. The topological polar surface area (TPSA) is 78.4 Å². The third-order valence-corrected chi connectivity index (χ3v) is 3.62. The molecule has 5 nitrogen and oxygen atoms in total. The first-order valence-electron chi connectivity index (χ1n) is 6.69. The van der Waals surface area contributed by atoms with E-state index in [1.807, 2.05) is 0 Å². The Balaban J connectivity index is 1.96. The van der Waals surface area contributed by atoms with Crippen LogP contribution in [-0.2, 0) is 10.0 Å². The van der Waals surface area contributed by atoms with Crippen LogP contribution in [0.25, 0.3) is 0 Å². The largest absolute Gasteiger partial charge is 0.387 e. The van der Waals surface area contributed by atoms with E-state index in [4.69, 9.17) is 0 Å². The summed E-state index contributed by atoms with van der Waals surface area (Å²) in [5.41, 5.74) is 1.32. The van der Waals surface area contributed by atoms with Crippen LogP contribution in [0.2, 0.25) is 0 Å². The Morgan fingerprint density at radius 2 is 1.65 bits per heavy atom. The summed E-state index contributed by atoms with van der Waals surface area (Å²) in [6.45, 7) is 0.0872. The molecule has 0 aliphatic rings. The second-order valence-electron chi connectivity index (χ2n) is 5.02. The first-order chi connectivity index (χ1) is 10.7. The Morgan fingerprint density at radius 1 is 1.04 bits per heavy atom. The molecule has 0 heterocycles. The summed E-state index contributed by atoms with van der Waals surface area (Å²) in [5.74, 6) is -1.99. The van der Waals surface area contributed by atoms with Gasteiger partial charge in [-0.2, -0.15) is 0 Å². The number of aliphatic hydroxyl groups is 1. The van der Waals surface area contributed by atoms with Crippen molar-refractivity contribution in [3.63, 3.8) is 0 Å². The summed E-state index contributed by atoms with van der Waals surface area (Å²) >= 11 is 0. The highest BCUT2D eigenvalue weighted by molar-refractivity contribution is 7.92. The van der Waals surface area contributed by atoms with Crippen LogP contribution in [0.15, 0.2) is 42.5 Å². The molecule has 2 rings (SSSR count). The van der Waals surface area contributed by atoms with Crippen LogP contribution in [0.5, 0.6) is 0 Å². The fourth-order valence-electron chi connectivity index (χ4n) is 1.92. The molecule has 0 amide bonds. The number of rotatable bonds is 6. The zero-order valence-electron chi connectivity index (χ0n) is 12.3. The van der Waals surface area contributed by atoms with E-state index in [0.29, 0.717) is 11.4 Å². The highest BCUT2D eigenvalue weighted by atomic mass is 32.2. The highest BCUT2D eigenvalue weighted by Gasteiger charge is 2.11. The van der Waals surface area contributed by atoms with Crippen LogP contribution in [0.1, 0.15) is 11.7 Å². The van der Waals surface area contributed by atoms with Crippen molar-refractivity contribution in [1.82, 2.24) is 0 Å². The van der Waals surface area contributed by atoms with Crippen LogP contribution < -0.4 is 10.0 Å². The number of halogens is 2. The maximum absolute atomic E-state index is 13.1. The molecule has 8 heteroatoms. The van der Waals surface area contributed by atoms with E-state index in [1.165, 1.54) is 6.07 Å². The van der Waals surface area contributed by atoms with Gasteiger partial charge >= 0.3 is 0 Å². The van der Waals surface area contributed by atoms with Gasteiger partial charge in [-0.05, 0) is 42.0 Å². The van der Waals surface area contributed by atoms with Gasteiger partial charge in [-0.3, -0.25) is 4.72 Å². The molecule has 0 saturated heterocycles. The van der Waals surface area contributed by atoms with Crippen LogP contribution in [-0.4, -0.2) is 26.3 Å². The summed E-state index contributed by atoms with van der Waals surface area (Å²) in [6.07, 6.45) is 0.0380. The number of sulfonamides is 1. The first kappa shape index (κ1) is 17.2. The fraction of sp³-hybridized carbons (Fsp3) is 0.200. The zero-order valence-corrected chi connectivity index (χ0v) is 13.1. The standard InChI is InChI=1S/C15H16F2N2O3S/c1-23(21,22)19-12-5-3-11(4-6-12)18-9-15(20)10-2-7-13(16)14(17)8-10/h2-8,15,18-20H,9H2,1H3. The van der Waals surface area contributed by atoms with Crippen molar-refractivity contribution in [2.45, 2.75) is 6.10 Å². The van der Waals surface area contributed by atoms with Crippen molar-refractivity contribution in [2.24, 2.45) is 0 Å². The Hall–Kier alpha value is -2.19. The second-order valence-corrected chi connectivity index (χ2v) is 6.77. The molecule has 124 valence electrons. The van der Waals surface area contributed by atoms with Gasteiger partial charge in [0, 0.05) is 17.9 Å². The lowest BCUT2D eigenvalue weighted by Crippen LogP contribution is -2.13. The molecular formula is C15H16F2N2O3S. The van der Waals surface area contributed by atoms with E-state index >= 15 is 0 Å². The lowest BCUT2D eigenvalue weighted by Gasteiger charge is -2.14. The molecule has 2 aromatic carbocycles. The lowest BCUT2D eigenvalue weighted by molar-refractivity contribution is 0.191. The predicted molar refractivity (Wildman–Crippen MR) is 84.7 cm³/mol. The van der Waals surface area contributed by atoms with E-state index in [-0.39, 0.29) is 12.1 Å². The van der Waals surface area contributed by atoms with Crippen molar-refractivity contribution in [3.05, 3.63) is 59.7 Å². The number of aliphatic hydroxyl groups excluding tert-OH is 1. The highest BCUT2D eigenvalue weighted by Crippen LogP contribution is 2.19. The van der Waals surface area contributed by atoms with Gasteiger partial charge in [-0.1, -0.05) is 6.07 Å². The molecule has 2 aromatic rings. The van der Waals surface area contributed by atoms with Gasteiger partial charge in [0.25, 0.3) is 0 Å². The van der Waals surface area contributed by atoms with Crippen molar-refractivity contribution in [1.29, 1.82) is 0 Å². The van der Waals surface area contributed by atoms with E-state index in [1.54, 1.807) is 24.3 Å². The van der Waals surface area contributed by atoms with Gasteiger partial charge in [0.05, 0.1) is 12.4 Å². The molecule has 1 atom stereocenters. The molecular weight excluding hydrogens is 326 g/mol. The van der Waals surface area contributed by atoms with Gasteiger partial charge < -0.3 is 10.4 Å². The van der Waals surface area contributed by atoms with Crippen LogP contribution in [0.3, 0.4) is 0 Å². The summed E-state index contributed by atoms with van der Waals surface area (Å²) in [7, 11) is -3.34.